The molecule has 0 amide bonds. The van der Waals surface area contributed by atoms with Gasteiger partial charge in [-0.15, -0.1) is 0 Å². The van der Waals surface area contributed by atoms with Crippen molar-refractivity contribution in [2.75, 3.05) is 13.2 Å². The first-order valence-electron chi connectivity index (χ1n) is 11.5. The minimum atomic E-state index is -0.192. The SMILES string of the molecule is CCCCc1nc2ccc(Br)cc2c(=O)n1N=Cc1cc(Br)c(OCC(C)(C)C)c(OCC)c1. The number of aryl methyl sites for hydroxylation is 1. The largest absolute Gasteiger partial charge is 0.490 e. The average molecular weight is 593 g/mol. The van der Waals surface area contributed by atoms with Gasteiger partial charge in [0.2, 0.25) is 0 Å². The van der Waals surface area contributed by atoms with Crippen molar-refractivity contribution in [2.45, 2.75) is 53.9 Å². The van der Waals surface area contributed by atoms with Gasteiger partial charge in [-0.05, 0) is 70.6 Å². The molecule has 0 N–H and O–H groups in total. The second-order valence-corrected chi connectivity index (χ2v) is 11.0. The lowest BCUT2D eigenvalue weighted by Gasteiger charge is -2.21. The standard InChI is InChI=1S/C26H31Br2N3O3/c1-6-8-9-23-30-21-11-10-18(27)14-19(21)25(32)31(23)29-15-17-12-20(28)24(22(13-17)33-7-2)34-16-26(3,4)5/h10-15H,6-9,16H2,1-5H3. The number of aromatic nitrogens is 2. The van der Waals surface area contributed by atoms with Crippen LogP contribution in [0.5, 0.6) is 11.5 Å². The van der Waals surface area contributed by atoms with Crippen molar-refractivity contribution in [1.82, 2.24) is 9.66 Å². The van der Waals surface area contributed by atoms with E-state index in [4.69, 9.17) is 14.5 Å². The Hall–Kier alpha value is -2.19. The van der Waals surface area contributed by atoms with Gasteiger partial charge < -0.3 is 9.47 Å². The Kier molecular flexibility index (Phi) is 8.93. The maximum absolute atomic E-state index is 13.3. The molecule has 3 rings (SSSR count). The zero-order valence-electron chi connectivity index (χ0n) is 20.3. The minimum absolute atomic E-state index is 0.0111. The summed E-state index contributed by atoms with van der Waals surface area (Å²) in [6.07, 6.45) is 4.24. The fourth-order valence-corrected chi connectivity index (χ4v) is 4.22. The van der Waals surface area contributed by atoms with Gasteiger partial charge in [0.05, 0.1) is 34.8 Å². The molecular formula is C26H31Br2N3O3. The highest BCUT2D eigenvalue weighted by atomic mass is 79.9. The van der Waals surface area contributed by atoms with E-state index in [1.807, 2.05) is 31.2 Å². The molecule has 0 unspecified atom stereocenters. The molecule has 0 spiro atoms. The van der Waals surface area contributed by atoms with Crippen LogP contribution in [0.3, 0.4) is 0 Å². The summed E-state index contributed by atoms with van der Waals surface area (Å²) in [6.45, 7) is 11.4. The third kappa shape index (κ3) is 6.69. The summed E-state index contributed by atoms with van der Waals surface area (Å²) in [5.74, 6) is 1.93. The molecule has 8 heteroatoms. The zero-order valence-corrected chi connectivity index (χ0v) is 23.5. The van der Waals surface area contributed by atoms with Crippen LogP contribution in [0.4, 0.5) is 0 Å². The number of ether oxygens (including phenoxy) is 2. The molecule has 0 fully saturated rings. The van der Waals surface area contributed by atoms with Crippen LogP contribution < -0.4 is 15.0 Å². The number of unbranched alkanes of at least 4 members (excludes halogenated alkanes) is 1. The lowest BCUT2D eigenvalue weighted by atomic mass is 9.99. The Morgan fingerprint density at radius 1 is 1.12 bits per heavy atom. The molecule has 0 aliphatic heterocycles. The molecule has 3 aromatic rings. The first-order chi connectivity index (χ1) is 16.1. The summed E-state index contributed by atoms with van der Waals surface area (Å²) in [5.41, 5.74) is 1.27. The summed E-state index contributed by atoms with van der Waals surface area (Å²) < 4.78 is 14.9. The van der Waals surface area contributed by atoms with Crippen LogP contribution in [0, 0.1) is 5.41 Å². The number of hydrogen-bond donors (Lipinski definition) is 0. The van der Waals surface area contributed by atoms with Gasteiger partial charge in [-0.3, -0.25) is 4.79 Å². The van der Waals surface area contributed by atoms with E-state index >= 15 is 0 Å². The number of halogens is 2. The molecule has 0 atom stereocenters. The number of hydrogen-bond acceptors (Lipinski definition) is 5. The van der Waals surface area contributed by atoms with Crippen molar-refractivity contribution in [3.8, 4) is 11.5 Å². The molecule has 182 valence electrons. The highest BCUT2D eigenvalue weighted by Gasteiger charge is 2.17. The van der Waals surface area contributed by atoms with Crippen LogP contribution >= 0.6 is 31.9 Å². The molecular weight excluding hydrogens is 562 g/mol. The number of benzene rings is 2. The Morgan fingerprint density at radius 2 is 1.88 bits per heavy atom. The van der Waals surface area contributed by atoms with E-state index in [2.05, 4.69) is 64.7 Å². The molecule has 0 saturated carbocycles. The number of nitrogens with zero attached hydrogens (tertiary/aromatic N) is 3. The molecule has 34 heavy (non-hydrogen) atoms. The highest BCUT2D eigenvalue weighted by molar-refractivity contribution is 9.10. The van der Waals surface area contributed by atoms with E-state index < -0.39 is 0 Å². The second kappa shape index (κ2) is 11.5. The Bertz CT molecular complexity index is 1250. The van der Waals surface area contributed by atoms with Gasteiger partial charge in [0.25, 0.3) is 5.56 Å². The van der Waals surface area contributed by atoms with Gasteiger partial charge in [-0.1, -0.05) is 50.0 Å². The van der Waals surface area contributed by atoms with E-state index in [0.29, 0.717) is 47.9 Å². The van der Waals surface area contributed by atoms with Gasteiger partial charge in [0.15, 0.2) is 11.5 Å². The summed E-state index contributed by atoms with van der Waals surface area (Å²) in [7, 11) is 0. The quantitative estimate of drug-likeness (QED) is 0.252. The van der Waals surface area contributed by atoms with Crippen LogP contribution in [0.2, 0.25) is 0 Å². The molecule has 0 aliphatic rings. The van der Waals surface area contributed by atoms with Crippen molar-refractivity contribution < 1.29 is 9.47 Å². The first-order valence-corrected chi connectivity index (χ1v) is 13.1. The summed E-state index contributed by atoms with van der Waals surface area (Å²) >= 11 is 7.06. The third-order valence-electron chi connectivity index (χ3n) is 4.93. The molecule has 0 bridgehead atoms. The van der Waals surface area contributed by atoms with Crippen molar-refractivity contribution in [1.29, 1.82) is 0 Å². The van der Waals surface area contributed by atoms with Gasteiger partial charge in [-0.2, -0.15) is 9.78 Å². The maximum atomic E-state index is 13.3. The molecule has 0 saturated heterocycles. The van der Waals surface area contributed by atoms with E-state index in [0.717, 1.165) is 27.4 Å². The molecule has 6 nitrogen and oxygen atoms in total. The Balaban J connectivity index is 2.04. The molecule has 2 aromatic carbocycles. The number of fused-ring (bicyclic) bond motifs is 1. The fourth-order valence-electron chi connectivity index (χ4n) is 3.29. The Labute approximate surface area is 217 Å². The second-order valence-electron chi connectivity index (χ2n) is 9.27. The predicted molar refractivity (Wildman–Crippen MR) is 146 cm³/mol. The van der Waals surface area contributed by atoms with Crippen molar-refractivity contribution in [3.63, 3.8) is 0 Å². The molecule has 1 aromatic heterocycles. The van der Waals surface area contributed by atoms with Crippen molar-refractivity contribution >= 4 is 49.0 Å². The maximum Gasteiger partial charge on any atom is 0.282 e. The van der Waals surface area contributed by atoms with Crippen LogP contribution in [0.25, 0.3) is 10.9 Å². The van der Waals surface area contributed by atoms with Crippen LogP contribution in [-0.4, -0.2) is 29.1 Å². The molecule has 0 radical (unpaired) electrons. The first kappa shape index (κ1) is 26.4. The van der Waals surface area contributed by atoms with E-state index in [-0.39, 0.29) is 11.0 Å². The van der Waals surface area contributed by atoms with E-state index in [9.17, 15) is 4.79 Å². The van der Waals surface area contributed by atoms with Crippen LogP contribution in [0.1, 0.15) is 58.8 Å². The van der Waals surface area contributed by atoms with E-state index in [1.165, 1.54) is 4.68 Å². The Morgan fingerprint density at radius 3 is 2.56 bits per heavy atom. The number of rotatable bonds is 9. The minimum Gasteiger partial charge on any atom is -0.490 e. The van der Waals surface area contributed by atoms with Gasteiger partial charge in [0, 0.05) is 10.9 Å². The monoisotopic (exact) mass is 591 g/mol. The average Bonchev–Trinajstić information content (AvgIpc) is 2.76. The van der Waals surface area contributed by atoms with Gasteiger partial charge >= 0.3 is 0 Å². The summed E-state index contributed by atoms with van der Waals surface area (Å²) in [6, 6.07) is 9.31. The van der Waals surface area contributed by atoms with Crippen molar-refractivity contribution in [3.05, 3.63) is 61.0 Å². The van der Waals surface area contributed by atoms with Crippen LogP contribution in [0.15, 0.2) is 49.2 Å². The predicted octanol–water partition coefficient (Wildman–Crippen LogP) is 6.97. The lowest BCUT2D eigenvalue weighted by molar-refractivity contribution is 0.187. The fraction of sp³-hybridized carbons (Fsp3) is 0.423. The lowest BCUT2D eigenvalue weighted by Crippen LogP contribution is -2.22. The van der Waals surface area contributed by atoms with Crippen molar-refractivity contribution in [2.24, 2.45) is 10.5 Å². The normalized spacial score (nSPS) is 12.0. The highest BCUT2D eigenvalue weighted by Crippen LogP contribution is 2.37. The smallest absolute Gasteiger partial charge is 0.282 e. The van der Waals surface area contributed by atoms with Crippen LogP contribution in [-0.2, 0) is 6.42 Å². The topological polar surface area (TPSA) is 65.7 Å². The molecule has 0 aliphatic carbocycles. The van der Waals surface area contributed by atoms with Gasteiger partial charge in [-0.25, -0.2) is 4.98 Å². The van der Waals surface area contributed by atoms with Gasteiger partial charge in [0.1, 0.15) is 5.82 Å². The third-order valence-corrected chi connectivity index (χ3v) is 6.02. The zero-order chi connectivity index (χ0) is 24.9. The summed E-state index contributed by atoms with van der Waals surface area (Å²) in [4.78, 5) is 18.0. The summed E-state index contributed by atoms with van der Waals surface area (Å²) in [5, 5.41) is 5.07. The molecule has 1 heterocycles. The van der Waals surface area contributed by atoms with E-state index in [1.54, 1.807) is 12.3 Å².